The van der Waals surface area contributed by atoms with Crippen LogP contribution in [0, 0.1) is 17.0 Å². The third kappa shape index (κ3) is 5.45. The number of anilines is 1. The molecular weight excluding hydrogens is 544 g/mol. The van der Waals surface area contributed by atoms with Crippen molar-refractivity contribution in [3.05, 3.63) is 91.8 Å². The number of nitro groups is 1. The number of ether oxygens (including phenoxy) is 1. The first kappa shape index (κ1) is 26.2. The van der Waals surface area contributed by atoms with E-state index in [1.165, 1.54) is 56.5 Å². The first-order valence-corrected chi connectivity index (χ1v) is 13.0. The monoisotopic (exact) mass is 560 g/mol. The molecule has 1 fully saturated rings. The molecule has 0 atom stereocenters. The van der Waals surface area contributed by atoms with E-state index < -0.39 is 31.1 Å². The number of nitrogens with zero attached hydrogens (tertiary/aromatic N) is 2. The molecule has 0 unspecified atom stereocenters. The van der Waals surface area contributed by atoms with Gasteiger partial charge in [-0.05, 0) is 66.7 Å². The highest BCUT2D eigenvalue weighted by atomic mass is 35.5. The van der Waals surface area contributed by atoms with Crippen LogP contribution in [0.3, 0.4) is 0 Å². The number of hydrogen-bond donors (Lipinski definition) is 0. The largest absolute Gasteiger partial charge is 0.493 e. The van der Waals surface area contributed by atoms with Gasteiger partial charge in [-0.15, -0.1) is 0 Å². The smallest absolute Gasteiger partial charge is 0.339 e. The molecule has 37 heavy (non-hydrogen) atoms. The number of benzene rings is 3. The second kappa shape index (κ2) is 10.2. The number of thioether (sulfide) groups is 1. The number of rotatable bonds is 7. The van der Waals surface area contributed by atoms with Crippen molar-refractivity contribution in [2.75, 3.05) is 12.0 Å². The number of carbonyl (C=O) groups excluding carboxylic acids is 2. The molecule has 2 amide bonds. The molecule has 13 heteroatoms. The Morgan fingerprint density at radius 1 is 1.05 bits per heavy atom. The minimum Gasteiger partial charge on any atom is -0.493 e. The van der Waals surface area contributed by atoms with Gasteiger partial charge in [-0.3, -0.25) is 19.7 Å². The Labute approximate surface area is 220 Å². The summed E-state index contributed by atoms with van der Waals surface area (Å²) in [6, 6.07) is 14.0. The summed E-state index contributed by atoms with van der Waals surface area (Å²) in [6.45, 7) is 1.49. The van der Waals surface area contributed by atoms with Gasteiger partial charge in [0.05, 0.1) is 22.6 Å². The fourth-order valence-electron chi connectivity index (χ4n) is 3.41. The van der Waals surface area contributed by atoms with Gasteiger partial charge in [-0.25, -0.2) is 4.90 Å². The number of methoxy groups -OCH3 is 1. The lowest BCUT2D eigenvalue weighted by atomic mass is 10.2. The van der Waals surface area contributed by atoms with E-state index in [1.807, 2.05) is 0 Å². The topological polar surface area (TPSA) is 133 Å². The van der Waals surface area contributed by atoms with Crippen molar-refractivity contribution in [1.82, 2.24) is 0 Å². The van der Waals surface area contributed by atoms with E-state index in [4.69, 9.17) is 20.5 Å². The minimum absolute atomic E-state index is 0.0213. The van der Waals surface area contributed by atoms with Gasteiger partial charge in [-0.2, -0.15) is 8.42 Å². The maximum atomic E-state index is 12.9. The molecule has 0 spiro atoms. The molecule has 4 rings (SSSR count). The van der Waals surface area contributed by atoms with Crippen LogP contribution < -0.4 is 13.8 Å². The molecule has 0 aliphatic carbocycles. The van der Waals surface area contributed by atoms with Crippen molar-refractivity contribution in [3.63, 3.8) is 0 Å². The van der Waals surface area contributed by atoms with Crippen LogP contribution in [0.2, 0.25) is 5.02 Å². The Kier molecular flexibility index (Phi) is 7.25. The van der Waals surface area contributed by atoms with Gasteiger partial charge in [-0.1, -0.05) is 29.8 Å². The molecule has 1 aliphatic heterocycles. The fraction of sp³-hybridized carbons (Fsp3) is 0.0833. The molecule has 1 heterocycles. The lowest BCUT2D eigenvalue weighted by molar-refractivity contribution is -0.385. The fourth-order valence-corrected chi connectivity index (χ4v) is 5.39. The summed E-state index contributed by atoms with van der Waals surface area (Å²) in [5.74, 6) is -0.692. The Bertz CT molecular complexity index is 1590. The first-order chi connectivity index (χ1) is 17.5. The van der Waals surface area contributed by atoms with Gasteiger partial charge < -0.3 is 8.92 Å². The van der Waals surface area contributed by atoms with Gasteiger partial charge in [0.2, 0.25) is 0 Å². The molecule has 190 valence electrons. The van der Waals surface area contributed by atoms with E-state index in [-0.39, 0.29) is 22.1 Å². The Hall–Kier alpha value is -3.87. The zero-order chi connectivity index (χ0) is 26.9. The molecule has 0 bridgehead atoms. The molecule has 0 N–H and O–H groups in total. The predicted octanol–water partition coefficient (Wildman–Crippen LogP) is 5.57. The average molecular weight is 561 g/mol. The van der Waals surface area contributed by atoms with Gasteiger partial charge in [0.15, 0.2) is 11.5 Å². The quantitative estimate of drug-likeness (QED) is 0.157. The van der Waals surface area contributed by atoms with E-state index in [0.29, 0.717) is 21.8 Å². The number of amides is 2. The van der Waals surface area contributed by atoms with Crippen molar-refractivity contribution >= 4 is 62.1 Å². The average Bonchev–Trinajstić information content (AvgIpc) is 3.12. The van der Waals surface area contributed by atoms with Gasteiger partial charge in [0, 0.05) is 16.7 Å². The zero-order valence-electron chi connectivity index (χ0n) is 19.2. The third-order valence-electron chi connectivity index (χ3n) is 5.21. The van der Waals surface area contributed by atoms with Crippen molar-refractivity contribution in [3.8, 4) is 11.5 Å². The molecule has 1 saturated heterocycles. The maximum absolute atomic E-state index is 12.9. The van der Waals surface area contributed by atoms with Crippen molar-refractivity contribution < 1.29 is 31.9 Å². The molecule has 0 aromatic heterocycles. The second-order valence-corrected chi connectivity index (χ2v) is 10.6. The van der Waals surface area contributed by atoms with Gasteiger partial charge in [0.25, 0.3) is 16.8 Å². The Morgan fingerprint density at radius 2 is 1.81 bits per heavy atom. The molecule has 1 aliphatic rings. The summed E-state index contributed by atoms with van der Waals surface area (Å²) in [6.07, 6.45) is 1.46. The van der Waals surface area contributed by atoms with Crippen LogP contribution in [-0.2, 0) is 14.9 Å². The Balaban J connectivity index is 1.61. The molecule has 0 radical (unpaired) electrons. The van der Waals surface area contributed by atoms with Crippen molar-refractivity contribution in [2.45, 2.75) is 11.8 Å². The number of halogens is 1. The van der Waals surface area contributed by atoms with Crippen LogP contribution in [-0.4, -0.2) is 31.6 Å². The second-order valence-electron chi connectivity index (χ2n) is 7.65. The molecular formula is C24H17ClN2O8S2. The minimum atomic E-state index is -4.43. The van der Waals surface area contributed by atoms with Crippen LogP contribution in [0.1, 0.15) is 11.1 Å². The van der Waals surface area contributed by atoms with Crippen molar-refractivity contribution in [1.29, 1.82) is 0 Å². The van der Waals surface area contributed by atoms with Crippen LogP contribution in [0.25, 0.3) is 6.08 Å². The molecule has 3 aromatic carbocycles. The van der Waals surface area contributed by atoms with Crippen molar-refractivity contribution in [2.24, 2.45) is 0 Å². The standard InChI is InChI=1S/C24H17ClN2O8S2/c1-14-6-8-18(13-19(14)27(30)31)37(32,33)35-20-9-7-15(10-21(20)34-2)11-22-23(28)26(24(29)36-22)17-5-3-4-16(25)12-17/h3-13H,1-2H3/b22-11+. The summed E-state index contributed by atoms with van der Waals surface area (Å²) in [5, 5.41) is 11.1. The lowest BCUT2D eigenvalue weighted by Gasteiger charge is -2.12. The van der Waals surface area contributed by atoms with Crippen LogP contribution >= 0.6 is 23.4 Å². The Morgan fingerprint density at radius 3 is 2.49 bits per heavy atom. The number of hydrogen-bond acceptors (Lipinski definition) is 9. The van der Waals surface area contributed by atoms with E-state index in [1.54, 1.807) is 18.2 Å². The van der Waals surface area contributed by atoms with Crippen LogP contribution in [0.4, 0.5) is 16.2 Å². The van der Waals surface area contributed by atoms with E-state index in [2.05, 4.69) is 0 Å². The number of aryl methyl sites for hydroxylation is 1. The first-order valence-electron chi connectivity index (χ1n) is 10.4. The SMILES string of the molecule is COc1cc(/C=C2/SC(=O)N(c3cccc(Cl)c3)C2=O)ccc1OS(=O)(=O)c1ccc(C)c([N+](=O)[O-])c1. The maximum Gasteiger partial charge on any atom is 0.339 e. The highest BCUT2D eigenvalue weighted by Crippen LogP contribution is 2.38. The number of nitro benzene ring substituents is 1. The van der Waals surface area contributed by atoms with E-state index in [9.17, 15) is 28.1 Å². The molecule has 0 saturated carbocycles. The summed E-state index contributed by atoms with van der Waals surface area (Å²) in [4.78, 5) is 36.6. The summed E-state index contributed by atoms with van der Waals surface area (Å²) in [7, 11) is -3.14. The number of carbonyl (C=O) groups is 2. The highest BCUT2D eigenvalue weighted by Gasteiger charge is 2.36. The molecule has 10 nitrogen and oxygen atoms in total. The van der Waals surface area contributed by atoms with E-state index >= 15 is 0 Å². The predicted molar refractivity (Wildman–Crippen MR) is 139 cm³/mol. The lowest BCUT2D eigenvalue weighted by Crippen LogP contribution is -2.27. The van der Waals surface area contributed by atoms with Crippen LogP contribution in [0.15, 0.2) is 70.5 Å². The normalized spacial score (nSPS) is 14.8. The third-order valence-corrected chi connectivity index (χ3v) is 7.55. The van der Waals surface area contributed by atoms with Crippen LogP contribution in [0.5, 0.6) is 11.5 Å². The summed E-state index contributed by atoms with van der Waals surface area (Å²) in [5.41, 5.74) is 0.704. The summed E-state index contributed by atoms with van der Waals surface area (Å²) < 4.78 is 36.0. The van der Waals surface area contributed by atoms with Gasteiger partial charge in [0.1, 0.15) is 4.90 Å². The number of imide groups is 1. The summed E-state index contributed by atoms with van der Waals surface area (Å²) >= 11 is 6.72. The highest BCUT2D eigenvalue weighted by molar-refractivity contribution is 8.19. The van der Waals surface area contributed by atoms with E-state index in [0.717, 1.165) is 22.7 Å². The van der Waals surface area contributed by atoms with Gasteiger partial charge >= 0.3 is 10.1 Å². The molecule has 3 aromatic rings. The zero-order valence-corrected chi connectivity index (χ0v) is 21.6.